The van der Waals surface area contributed by atoms with Crippen LogP contribution in [0.15, 0.2) is 48.8 Å². The number of anilines is 1. The Hall–Kier alpha value is -4.17. The third kappa shape index (κ3) is 8.01. The molecule has 2 aliphatic carbocycles. The predicted molar refractivity (Wildman–Crippen MR) is 194 cm³/mol. The second-order valence-electron chi connectivity index (χ2n) is 15.1. The molecule has 5 rings (SSSR count). The van der Waals surface area contributed by atoms with E-state index in [1.807, 2.05) is 34.0 Å². The summed E-state index contributed by atoms with van der Waals surface area (Å²) in [5.41, 5.74) is 4.22. The van der Waals surface area contributed by atoms with E-state index in [9.17, 15) is 14.9 Å². The summed E-state index contributed by atoms with van der Waals surface area (Å²) >= 11 is 0. The maximum absolute atomic E-state index is 14.6. The number of pyridine rings is 1. The Balaban J connectivity index is 1.37. The molecule has 1 aromatic carbocycles. The van der Waals surface area contributed by atoms with Gasteiger partial charge in [-0.05, 0) is 101 Å². The molecule has 2 amide bonds. The highest BCUT2D eigenvalue weighted by atomic mass is 28.3. The number of carbonyl (C=O) groups is 2. The standard InChI is InChI=1S/C38H52N6O4Si/c1-26(2)44-25-31(23-41-44)30-9-8-10-32(21-30)43(36(45)29-17-19-38(20-18-29,49(5,6)7)48-37(46)40-3)24-27-11-13-28(14-12-27)33-15-16-35(47-4)34(22-39)42-33/h8-10,15-16,21,23,25-29H,11-14,17-20,24H2,1-7H3,(H,40,46)/t27-,28-,29?,38?. The van der Waals surface area contributed by atoms with E-state index in [2.05, 4.69) is 79.4 Å². The van der Waals surface area contributed by atoms with E-state index in [1.54, 1.807) is 14.2 Å². The molecule has 2 aromatic heterocycles. The van der Waals surface area contributed by atoms with Crippen molar-refractivity contribution >= 4 is 25.8 Å². The zero-order chi connectivity index (χ0) is 35.3. The van der Waals surface area contributed by atoms with Crippen LogP contribution in [0.5, 0.6) is 5.75 Å². The molecule has 10 nitrogen and oxygen atoms in total. The fraction of sp³-hybridized carbons (Fsp3) is 0.553. The normalized spacial score (nSPS) is 22.6. The van der Waals surface area contributed by atoms with Crippen LogP contribution >= 0.6 is 0 Å². The van der Waals surface area contributed by atoms with Crippen molar-refractivity contribution in [1.29, 1.82) is 5.26 Å². The zero-order valence-corrected chi connectivity index (χ0v) is 31.2. The highest BCUT2D eigenvalue weighted by Gasteiger charge is 2.50. The summed E-state index contributed by atoms with van der Waals surface area (Å²) in [4.78, 5) is 33.7. The van der Waals surface area contributed by atoms with Gasteiger partial charge in [0.15, 0.2) is 11.4 Å². The van der Waals surface area contributed by atoms with Crippen LogP contribution in [-0.4, -0.2) is 60.8 Å². The van der Waals surface area contributed by atoms with Crippen molar-refractivity contribution in [1.82, 2.24) is 20.1 Å². The highest BCUT2D eigenvalue weighted by molar-refractivity contribution is 6.79. The van der Waals surface area contributed by atoms with Gasteiger partial charge < -0.3 is 19.7 Å². The van der Waals surface area contributed by atoms with Crippen molar-refractivity contribution in [2.45, 2.75) is 102 Å². The lowest BCUT2D eigenvalue weighted by Crippen LogP contribution is -2.58. The van der Waals surface area contributed by atoms with Crippen molar-refractivity contribution in [3.8, 4) is 22.9 Å². The summed E-state index contributed by atoms with van der Waals surface area (Å²) in [5.74, 6) is 1.11. The number of alkyl carbamates (subject to hydrolysis) is 1. The van der Waals surface area contributed by atoms with E-state index in [-0.39, 0.29) is 23.8 Å². The molecule has 0 radical (unpaired) electrons. The van der Waals surface area contributed by atoms with Crippen LogP contribution in [0.25, 0.3) is 11.1 Å². The third-order valence-electron chi connectivity index (χ3n) is 10.8. The summed E-state index contributed by atoms with van der Waals surface area (Å²) in [7, 11) is 1.23. The van der Waals surface area contributed by atoms with Gasteiger partial charge in [-0.2, -0.15) is 10.4 Å². The van der Waals surface area contributed by atoms with Crippen LogP contribution in [0.4, 0.5) is 10.5 Å². The average Bonchev–Trinajstić information content (AvgIpc) is 3.61. The number of rotatable bonds is 10. The van der Waals surface area contributed by atoms with E-state index in [0.29, 0.717) is 49.6 Å². The van der Waals surface area contributed by atoms with Crippen LogP contribution in [0.1, 0.15) is 88.6 Å². The monoisotopic (exact) mass is 684 g/mol. The number of aromatic nitrogens is 3. The van der Waals surface area contributed by atoms with Crippen LogP contribution in [0, 0.1) is 23.2 Å². The van der Waals surface area contributed by atoms with Crippen LogP contribution in [0.2, 0.25) is 19.6 Å². The molecule has 0 aliphatic heterocycles. The van der Waals surface area contributed by atoms with Crippen molar-refractivity contribution < 1.29 is 19.1 Å². The molecule has 0 spiro atoms. The first-order valence-corrected chi connectivity index (χ1v) is 21.2. The Bertz CT molecular complexity index is 1660. The van der Waals surface area contributed by atoms with Crippen LogP contribution in [0.3, 0.4) is 0 Å². The summed E-state index contributed by atoms with van der Waals surface area (Å²) in [6.07, 6.45) is 10.2. The number of nitrogens with zero attached hydrogens (tertiary/aromatic N) is 5. The molecule has 3 aromatic rings. The van der Waals surface area contributed by atoms with E-state index < -0.39 is 19.4 Å². The lowest BCUT2D eigenvalue weighted by Gasteiger charge is -2.47. The minimum Gasteiger partial charge on any atom is -0.494 e. The Morgan fingerprint density at radius 1 is 1.08 bits per heavy atom. The van der Waals surface area contributed by atoms with Crippen LogP contribution < -0.4 is 15.0 Å². The van der Waals surface area contributed by atoms with E-state index >= 15 is 0 Å². The minimum absolute atomic E-state index is 0.144. The number of amides is 2. The Morgan fingerprint density at radius 2 is 1.80 bits per heavy atom. The SMILES string of the molecule is CNC(=O)OC1([Si](C)(C)C)CCC(C(=O)N(C[C@H]2CC[C@H](c3ccc(OC)c(C#N)n3)CC2)c2cccc(-c3cnn(C(C)C)c3)c2)CC1. The maximum Gasteiger partial charge on any atom is 0.407 e. The summed E-state index contributed by atoms with van der Waals surface area (Å²) in [5, 5.41) is 16.2. The molecule has 1 N–H and O–H groups in total. The molecule has 2 heterocycles. The van der Waals surface area contributed by atoms with Crippen molar-refractivity contribution in [3.63, 3.8) is 0 Å². The Labute approximate surface area is 292 Å². The van der Waals surface area contributed by atoms with Gasteiger partial charge in [0, 0.05) is 54.6 Å². The average molecular weight is 685 g/mol. The molecule has 49 heavy (non-hydrogen) atoms. The van der Waals surface area contributed by atoms with E-state index in [1.165, 1.54) is 0 Å². The zero-order valence-electron chi connectivity index (χ0n) is 30.2. The first kappa shape index (κ1) is 36.1. The van der Waals surface area contributed by atoms with Crippen molar-refractivity contribution in [3.05, 3.63) is 60.2 Å². The molecule has 2 fully saturated rings. The molecule has 0 atom stereocenters. The van der Waals surface area contributed by atoms with Gasteiger partial charge in [0.05, 0.1) is 21.4 Å². The third-order valence-corrected chi connectivity index (χ3v) is 14.1. The van der Waals surface area contributed by atoms with E-state index in [4.69, 9.17) is 9.47 Å². The van der Waals surface area contributed by atoms with Crippen molar-refractivity contribution in [2.24, 2.45) is 11.8 Å². The fourth-order valence-electron chi connectivity index (χ4n) is 7.56. The number of ether oxygens (including phenoxy) is 2. The molecule has 0 saturated heterocycles. The molecule has 0 bridgehead atoms. The highest BCUT2D eigenvalue weighted by Crippen LogP contribution is 2.43. The second kappa shape index (κ2) is 15.2. The lowest BCUT2D eigenvalue weighted by molar-refractivity contribution is -0.124. The number of hydrogen-bond acceptors (Lipinski definition) is 7. The first-order chi connectivity index (χ1) is 23.4. The number of benzene rings is 1. The second-order valence-corrected chi connectivity index (χ2v) is 20.5. The number of nitrogens with one attached hydrogen (secondary N) is 1. The summed E-state index contributed by atoms with van der Waals surface area (Å²) in [6.45, 7) is 11.6. The summed E-state index contributed by atoms with van der Waals surface area (Å²) in [6, 6.07) is 14.5. The van der Waals surface area contributed by atoms with Gasteiger partial charge in [-0.1, -0.05) is 31.8 Å². The first-order valence-electron chi connectivity index (χ1n) is 17.7. The Morgan fingerprint density at radius 3 is 2.39 bits per heavy atom. The predicted octanol–water partition coefficient (Wildman–Crippen LogP) is 7.88. The molecular formula is C38H52N6O4Si. The Kier molecular flexibility index (Phi) is 11.2. The smallest absolute Gasteiger partial charge is 0.407 e. The van der Waals surface area contributed by atoms with Crippen molar-refractivity contribution in [2.75, 3.05) is 25.6 Å². The van der Waals surface area contributed by atoms with Gasteiger partial charge in [-0.15, -0.1) is 0 Å². The van der Waals surface area contributed by atoms with Gasteiger partial charge in [0.1, 0.15) is 11.3 Å². The topological polar surface area (TPSA) is 122 Å². The minimum atomic E-state index is -1.92. The molecule has 0 unspecified atom stereocenters. The van der Waals surface area contributed by atoms with Gasteiger partial charge >= 0.3 is 6.09 Å². The molecular weight excluding hydrogens is 633 g/mol. The number of methoxy groups -OCH3 is 1. The number of hydrogen-bond donors (Lipinski definition) is 1. The fourth-order valence-corrected chi connectivity index (χ4v) is 9.75. The van der Waals surface area contributed by atoms with Gasteiger partial charge in [0.2, 0.25) is 5.91 Å². The van der Waals surface area contributed by atoms with Gasteiger partial charge in [-0.3, -0.25) is 9.48 Å². The van der Waals surface area contributed by atoms with E-state index in [0.717, 1.165) is 48.2 Å². The molecule has 11 heteroatoms. The molecule has 2 saturated carbocycles. The largest absolute Gasteiger partial charge is 0.494 e. The lowest BCUT2D eigenvalue weighted by atomic mass is 9.79. The summed E-state index contributed by atoms with van der Waals surface area (Å²) < 4.78 is 13.3. The van der Waals surface area contributed by atoms with Gasteiger partial charge in [0.25, 0.3) is 0 Å². The van der Waals surface area contributed by atoms with Crippen LogP contribution in [-0.2, 0) is 9.53 Å². The van der Waals surface area contributed by atoms with Gasteiger partial charge in [-0.25, -0.2) is 9.78 Å². The quantitative estimate of drug-likeness (QED) is 0.216. The molecule has 2 aliphatic rings. The maximum atomic E-state index is 14.6. The number of nitriles is 1. The molecule has 262 valence electrons. The number of carbonyl (C=O) groups excluding carboxylic acids is 2.